The number of anilines is 1. The summed E-state index contributed by atoms with van der Waals surface area (Å²) in [6.07, 6.45) is 2.30. The Hall–Kier alpha value is -2.56. The monoisotopic (exact) mass is 523 g/mol. The molecule has 2 heterocycles. The van der Waals surface area contributed by atoms with E-state index >= 15 is 0 Å². The Labute approximate surface area is 208 Å². The number of hydrogen-bond acceptors (Lipinski definition) is 7. The number of ether oxygens (including phenoxy) is 1. The first-order valence-electron chi connectivity index (χ1n) is 11.0. The van der Waals surface area contributed by atoms with Crippen LogP contribution in [0.3, 0.4) is 0 Å². The predicted octanol–water partition coefficient (Wildman–Crippen LogP) is 3.73. The van der Waals surface area contributed by atoms with Crippen molar-refractivity contribution in [3.05, 3.63) is 47.0 Å². The first kappa shape index (κ1) is 27.0. The number of rotatable bonds is 11. The van der Waals surface area contributed by atoms with Crippen LogP contribution in [0.4, 0.5) is 5.82 Å². The number of aliphatic carboxylic acids is 1. The number of aryl methyl sites for hydroxylation is 1. The van der Waals surface area contributed by atoms with Gasteiger partial charge in [0.1, 0.15) is 23.7 Å². The van der Waals surface area contributed by atoms with E-state index in [1.54, 1.807) is 17.0 Å². The average molecular weight is 524 g/mol. The third-order valence-corrected chi connectivity index (χ3v) is 7.99. The number of fused-ring (bicyclic) bond motifs is 1. The number of hydrogen-bond donors (Lipinski definition) is 4. The van der Waals surface area contributed by atoms with Crippen LogP contribution < -0.4 is 15.9 Å². The standard InChI is InChI=1S/C22H31ClN7O4P/c1-13-8-16(23)6-7-17(13)15(3)28-35(33,29-22(4,5)21(31)32)12-34-14(2)9-30-11-27-18-19(24)25-10-26-20(18)30/h6-8,10-11,14-15H,9,12H2,1-5H3,(H,31,32)(H2,24,25,26)(H2,28,29,33)/t14-,15+,35-/m1/s1. The first-order chi connectivity index (χ1) is 16.3. The molecule has 13 heteroatoms. The highest BCUT2D eigenvalue weighted by atomic mass is 35.5. The van der Waals surface area contributed by atoms with Gasteiger partial charge in [-0.25, -0.2) is 25.1 Å². The maximum atomic E-state index is 14.0. The quantitative estimate of drug-likeness (QED) is 0.273. The van der Waals surface area contributed by atoms with Gasteiger partial charge in [-0.2, -0.15) is 0 Å². The minimum atomic E-state index is -3.55. The van der Waals surface area contributed by atoms with Crippen molar-refractivity contribution in [2.24, 2.45) is 0 Å². The lowest BCUT2D eigenvalue weighted by Crippen LogP contribution is -2.48. The molecule has 3 aromatic rings. The highest BCUT2D eigenvalue weighted by Crippen LogP contribution is 2.42. The van der Waals surface area contributed by atoms with Crippen LogP contribution >= 0.6 is 19.0 Å². The van der Waals surface area contributed by atoms with Gasteiger partial charge < -0.3 is 20.1 Å². The number of benzene rings is 1. The van der Waals surface area contributed by atoms with E-state index in [0.717, 1.165) is 11.1 Å². The van der Waals surface area contributed by atoms with Crippen molar-refractivity contribution in [2.45, 2.75) is 58.8 Å². The van der Waals surface area contributed by atoms with Gasteiger partial charge in [0, 0.05) is 11.1 Å². The number of carboxylic acids is 1. The zero-order valence-corrected chi connectivity index (χ0v) is 22.0. The van der Waals surface area contributed by atoms with Crippen LogP contribution in [0.2, 0.25) is 5.02 Å². The number of nitrogens with zero attached hydrogens (tertiary/aromatic N) is 4. The molecule has 3 atom stereocenters. The van der Waals surface area contributed by atoms with Crippen LogP contribution in [0.25, 0.3) is 11.2 Å². The van der Waals surface area contributed by atoms with Crippen molar-refractivity contribution in [3.8, 4) is 0 Å². The summed E-state index contributed by atoms with van der Waals surface area (Å²) in [6.45, 7) is 8.84. The van der Waals surface area contributed by atoms with Crippen LogP contribution in [0.1, 0.15) is 44.9 Å². The zero-order valence-electron chi connectivity index (χ0n) is 20.3. The van der Waals surface area contributed by atoms with E-state index in [9.17, 15) is 14.5 Å². The first-order valence-corrected chi connectivity index (χ1v) is 13.3. The summed E-state index contributed by atoms with van der Waals surface area (Å²) in [5, 5.41) is 16.1. The van der Waals surface area contributed by atoms with Crippen molar-refractivity contribution in [1.82, 2.24) is 29.7 Å². The summed E-state index contributed by atoms with van der Waals surface area (Å²) in [4.78, 5) is 24.1. The van der Waals surface area contributed by atoms with E-state index in [4.69, 9.17) is 22.1 Å². The van der Waals surface area contributed by atoms with Crippen molar-refractivity contribution >= 4 is 42.0 Å². The molecule has 35 heavy (non-hydrogen) atoms. The van der Waals surface area contributed by atoms with Gasteiger partial charge in [-0.3, -0.25) is 9.36 Å². The molecule has 0 aliphatic carbocycles. The fourth-order valence-corrected chi connectivity index (χ4v) is 6.36. The molecule has 0 aliphatic rings. The minimum Gasteiger partial charge on any atom is -0.480 e. The van der Waals surface area contributed by atoms with E-state index in [2.05, 4.69) is 25.1 Å². The third-order valence-electron chi connectivity index (χ3n) is 5.52. The number of nitrogen functional groups attached to an aromatic ring is 1. The molecule has 0 radical (unpaired) electrons. The summed E-state index contributed by atoms with van der Waals surface area (Å²) < 4.78 is 21.7. The van der Waals surface area contributed by atoms with Crippen LogP contribution in [0.15, 0.2) is 30.9 Å². The number of nitrogens with two attached hydrogens (primary N) is 1. The molecule has 1 aromatic carbocycles. The Morgan fingerprint density at radius 1 is 1.31 bits per heavy atom. The molecule has 3 rings (SSSR count). The molecule has 0 unspecified atom stereocenters. The zero-order chi connectivity index (χ0) is 26.0. The molecule has 0 saturated carbocycles. The van der Waals surface area contributed by atoms with Gasteiger partial charge in [0.15, 0.2) is 11.5 Å². The Morgan fingerprint density at radius 2 is 2.03 bits per heavy atom. The largest absolute Gasteiger partial charge is 0.480 e. The molecular weight excluding hydrogens is 493 g/mol. The molecule has 0 fully saturated rings. The average Bonchev–Trinajstić information content (AvgIpc) is 3.15. The van der Waals surface area contributed by atoms with Gasteiger partial charge >= 0.3 is 5.97 Å². The van der Waals surface area contributed by atoms with Crippen molar-refractivity contribution in [2.75, 3.05) is 12.1 Å². The summed E-state index contributed by atoms with van der Waals surface area (Å²) in [7, 11) is -3.55. The molecule has 2 aromatic heterocycles. The van der Waals surface area contributed by atoms with Crippen molar-refractivity contribution in [3.63, 3.8) is 0 Å². The molecule has 0 saturated heterocycles. The molecule has 11 nitrogen and oxygen atoms in total. The van der Waals surface area contributed by atoms with Crippen molar-refractivity contribution < 1.29 is 19.2 Å². The van der Waals surface area contributed by atoms with Crippen LogP contribution in [0.5, 0.6) is 0 Å². The lowest BCUT2D eigenvalue weighted by molar-refractivity contribution is -0.142. The fraction of sp³-hybridized carbons (Fsp3) is 0.455. The van der Waals surface area contributed by atoms with Crippen LogP contribution in [0, 0.1) is 6.92 Å². The van der Waals surface area contributed by atoms with Gasteiger partial charge in [-0.05, 0) is 57.9 Å². The SMILES string of the molecule is Cc1cc(Cl)ccc1[C@H](C)N[P@](=O)(CO[C@H](C)Cn1cnc2c(N)ncnc21)NC(C)(C)C(=O)O. The smallest absolute Gasteiger partial charge is 0.323 e. The van der Waals surface area contributed by atoms with Gasteiger partial charge in [0.2, 0.25) is 7.44 Å². The van der Waals surface area contributed by atoms with E-state index in [0.29, 0.717) is 22.7 Å². The van der Waals surface area contributed by atoms with Gasteiger partial charge in [-0.1, -0.05) is 17.7 Å². The molecular formula is C22H31ClN7O4P. The Morgan fingerprint density at radius 3 is 2.69 bits per heavy atom. The van der Waals surface area contributed by atoms with Crippen LogP contribution in [-0.2, 0) is 20.6 Å². The Kier molecular flexibility index (Phi) is 8.18. The minimum absolute atomic E-state index is 0.244. The number of carboxylic acid groups (broad SMARTS) is 1. The summed E-state index contributed by atoms with van der Waals surface area (Å²) in [5.41, 5.74) is 7.25. The maximum absolute atomic E-state index is 14.0. The second-order valence-electron chi connectivity index (χ2n) is 9.07. The number of nitrogens with one attached hydrogen (secondary N) is 2. The lowest BCUT2D eigenvalue weighted by atomic mass is 10.0. The lowest BCUT2D eigenvalue weighted by Gasteiger charge is -2.32. The van der Waals surface area contributed by atoms with Gasteiger partial charge in [-0.15, -0.1) is 0 Å². The van der Waals surface area contributed by atoms with Gasteiger partial charge in [0.05, 0.1) is 19.0 Å². The Bertz CT molecular complexity index is 1270. The maximum Gasteiger partial charge on any atom is 0.323 e. The number of halogens is 1. The summed E-state index contributed by atoms with van der Waals surface area (Å²) in [5.74, 6) is -0.854. The molecule has 0 spiro atoms. The molecule has 0 aliphatic heterocycles. The molecule has 0 bridgehead atoms. The molecule has 190 valence electrons. The van der Waals surface area contributed by atoms with Gasteiger partial charge in [0.25, 0.3) is 0 Å². The summed E-state index contributed by atoms with van der Waals surface area (Å²) >= 11 is 6.07. The highest BCUT2D eigenvalue weighted by molar-refractivity contribution is 7.59. The predicted molar refractivity (Wildman–Crippen MR) is 135 cm³/mol. The number of aromatic nitrogens is 4. The van der Waals surface area contributed by atoms with E-state index in [1.807, 2.05) is 32.9 Å². The third kappa shape index (κ3) is 6.56. The topological polar surface area (TPSA) is 157 Å². The fourth-order valence-electron chi connectivity index (χ4n) is 3.70. The van der Waals surface area contributed by atoms with E-state index < -0.39 is 25.1 Å². The Balaban J connectivity index is 1.77. The van der Waals surface area contributed by atoms with Crippen LogP contribution in [-0.4, -0.2) is 48.6 Å². The molecule has 5 N–H and O–H groups in total. The summed E-state index contributed by atoms with van der Waals surface area (Å²) in [6, 6.07) is 5.06. The van der Waals surface area contributed by atoms with E-state index in [-0.39, 0.29) is 18.2 Å². The number of imidazole rings is 1. The van der Waals surface area contributed by atoms with E-state index in [1.165, 1.54) is 20.2 Å². The second kappa shape index (κ2) is 10.6. The second-order valence-corrected chi connectivity index (χ2v) is 11.7. The normalized spacial score (nSPS) is 15.6. The van der Waals surface area contributed by atoms with Crippen molar-refractivity contribution in [1.29, 1.82) is 0 Å². The number of carbonyl (C=O) groups is 1. The highest BCUT2D eigenvalue weighted by Gasteiger charge is 2.37. The molecule has 0 amide bonds.